The third-order valence-corrected chi connectivity index (χ3v) is 5.83. The molecule has 3 rings (SSSR count). The molecule has 202 valence electrons. The van der Waals surface area contributed by atoms with Gasteiger partial charge in [0.15, 0.2) is 0 Å². The van der Waals surface area contributed by atoms with E-state index in [-0.39, 0.29) is 17.9 Å². The zero-order valence-electron chi connectivity index (χ0n) is 22.8. The molecule has 1 aromatic carbocycles. The van der Waals surface area contributed by atoms with Gasteiger partial charge >= 0.3 is 0 Å². The van der Waals surface area contributed by atoms with Crippen LogP contribution in [0.4, 0.5) is 0 Å². The summed E-state index contributed by atoms with van der Waals surface area (Å²) in [6.45, 7) is 13.0. The monoisotopic (exact) mass is 503 g/mol. The summed E-state index contributed by atoms with van der Waals surface area (Å²) in [7, 11) is 0. The van der Waals surface area contributed by atoms with E-state index >= 15 is 0 Å². The van der Waals surface area contributed by atoms with Crippen LogP contribution >= 0.6 is 0 Å². The van der Waals surface area contributed by atoms with Gasteiger partial charge in [-0.25, -0.2) is 0 Å². The second-order valence-electron chi connectivity index (χ2n) is 10.0. The highest BCUT2D eigenvalue weighted by Gasteiger charge is 2.30. The number of benzene rings is 1. The second-order valence-corrected chi connectivity index (χ2v) is 10.0. The third kappa shape index (κ3) is 14.0. The van der Waals surface area contributed by atoms with E-state index in [0.29, 0.717) is 6.42 Å². The van der Waals surface area contributed by atoms with Gasteiger partial charge in [0.25, 0.3) is 5.91 Å². The Kier molecular flexibility index (Phi) is 14.6. The molecule has 0 radical (unpaired) electrons. The Morgan fingerprint density at radius 3 is 2.03 bits per heavy atom. The number of ketones is 1. The van der Waals surface area contributed by atoms with E-state index in [1.54, 1.807) is 0 Å². The van der Waals surface area contributed by atoms with Gasteiger partial charge in [0.1, 0.15) is 6.04 Å². The van der Waals surface area contributed by atoms with Crippen molar-refractivity contribution in [2.45, 2.75) is 91.8 Å². The summed E-state index contributed by atoms with van der Waals surface area (Å²) in [6, 6.07) is 8.72. The lowest BCUT2D eigenvalue weighted by atomic mass is 10.0. The second kappa shape index (κ2) is 16.8. The van der Waals surface area contributed by atoms with Crippen LogP contribution in [0.5, 0.6) is 0 Å². The molecular formula is C28H45N3O5. The van der Waals surface area contributed by atoms with Crippen LogP contribution in [-0.2, 0) is 23.9 Å². The molecule has 8 heteroatoms. The topological polar surface area (TPSA) is 114 Å². The molecule has 1 heterocycles. The van der Waals surface area contributed by atoms with Crippen LogP contribution in [0, 0.1) is 18.8 Å². The molecule has 2 aliphatic rings. The molecule has 1 saturated carbocycles. The predicted octanol–water partition coefficient (Wildman–Crippen LogP) is 3.32. The molecule has 1 aromatic rings. The number of Topliss-reactive ketones (excluding diaryl/α,β-unsaturated/α-hetero) is 1. The molecule has 36 heavy (non-hydrogen) atoms. The van der Waals surface area contributed by atoms with Gasteiger partial charge in [-0.2, -0.15) is 0 Å². The fourth-order valence-electron chi connectivity index (χ4n) is 3.45. The summed E-state index contributed by atoms with van der Waals surface area (Å²) < 4.78 is 5.15. The number of nitrogens with one attached hydrogen (secondary N) is 3. The van der Waals surface area contributed by atoms with E-state index in [9.17, 15) is 19.2 Å². The minimum atomic E-state index is -0.922. The Morgan fingerprint density at radius 2 is 1.64 bits per heavy atom. The summed E-state index contributed by atoms with van der Waals surface area (Å²) >= 11 is 0. The fourth-order valence-corrected chi connectivity index (χ4v) is 3.45. The number of carbonyl (C=O) groups is 4. The Bertz CT molecular complexity index is 818. The van der Waals surface area contributed by atoms with E-state index in [4.69, 9.17) is 4.74 Å². The quantitative estimate of drug-likeness (QED) is 0.448. The van der Waals surface area contributed by atoms with Crippen molar-refractivity contribution >= 4 is 23.5 Å². The lowest BCUT2D eigenvalue weighted by molar-refractivity contribution is -0.140. The number of rotatable bonds is 9. The normalized spacial score (nSPS) is 17.9. The maximum atomic E-state index is 12.2. The van der Waals surface area contributed by atoms with Crippen LogP contribution in [0.25, 0.3) is 0 Å². The minimum Gasteiger partial charge on any atom is -0.381 e. The van der Waals surface area contributed by atoms with Crippen molar-refractivity contribution in [1.82, 2.24) is 16.0 Å². The molecule has 1 aliphatic carbocycles. The third-order valence-electron chi connectivity index (χ3n) is 5.83. The first-order valence-corrected chi connectivity index (χ1v) is 13.0. The van der Waals surface area contributed by atoms with Gasteiger partial charge in [-0.15, -0.1) is 0 Å². The Hall–Kier alpha value is -2.74. The Balaban J connectivity index is 0.000000370. The maximum Gasteiger partial charge on any atom is 0.289 e. The molecule has 0 spiro atoms. The SMILES string of the molecule is CC(=O)NC(CC(C)C)C(=O)NC(C)C(=O)C(=O)NC1CC1.CCC1CCOC1.Cc1ccccc1. The van der Waals surface area contributed by atoms with Crippen molar-refractivity contribution in [1.29, 1.82) is 0 Å². The van der Waals surface area contributed by atoms with Crippen LogP contribution in [0.2, 0.25) is 0 Å². The highest BCUT2D eigenvalue weighted by atomic mass is 16.5. The Labute approximate surface area is 216 Å². The zero-order valence-corrected chi connectivity index (χ0v) is 22.8. The molecule has 3 unspecified atom stereocenters. The number of hydrogen-bond acceptors (Lipinski definition) is 5. The average Bonchev–Trinajstić information content (AvgIpc) is 3.47. The van der Waals surface area contributed by atoms with Crippen LogP contribution in [0.3, 0.4) is 0 Å². The van der Waals surface area contributed by atoms with Crippen LogP contribution in [0.1, 0.15) is 72.3 Å². The van der Waals surface area contributed by atoms with Crippen molar-refractivity contribution in [2.75, 3.05) is 13.2 Å². The maximum absolute atomic E-state index is 12.2. The number of carbonyl (C=O) groups excluding carboxylic acids is 4. The van der Waals surface area contributed by atoms with Crippen molar-refractivity contribution in [3.05, 3.63) is 35.9 Å². The lowest BCUT2D eigenvalue weighted by Crippen LogP contribution is -2.53. The van der Waals surface area contributed by atoms with E-state index in [0.717, 1.165) is 32.0 Å². The van der Waals surface area contributed by atoms with E-state index in [2.05, 4.69) is 41.9 Å². The standard InChI is InChI=1S/C15H25N3O4.C7H8.C6H12O/c1-8(2)7-12(17-10(4)19)14(21)16-9(3)13(20)15(22)18-11-5-6-11;1-7-5-3-2-4-6-7;1-2-6-3-4-7-5-6/h8-9,11-12H,5-7H2,1-4H3,(H,16,21)(H,17,19)(H,18,22);2-6H,1H3;6H,2-5H2,1H3. The first kappa shape index (κ1) is 31.3. The number of hydrogen-bond donors (Lipinski definition) is 3. The molecule has 3 amide bonds. The van der Waals surface area contributed by atoms with E-state index < -0.39 is 29.7 Å². The van der Waals surface area contributed by atoms with Crippen molar-refractivity contribution in [3.63, 3.8) is 0 Å². The van der Waals surface area contributed by atoms with Crippen molar-refractivity contribution in [3.8, 4) is 0 Å². The summed E-state index contributed by atoms with van der Waals surface area (Å²) in [6.07, 6.45) is 4.81. The number of amides is 3. The molecule has 2 fully saturated rings. The minimum absolute atomic E-state index is 0.0902. The van der Waals surface area contributed by atoms with Gasteiger partial charge < -0.3 is 20.7 Å². The lowest BCUT2D eigenvalue weighted by Gasteiger charge is -2.21. The fraction of sp³-hybridized carbons (Fsp3) is 0.643. The summed E-state index contributed by atoms with van der Waals surface area (Å²) in [5.74, 6) is -1.04. The molecule has 0 aromatic heterocycles. The predicted molar refractivity (Wildman–Crippen MR) is 141 cm³/mol. The first-order valence-electron chi connectivity index (χ1n) is 13.0. The molecule has 8 nitrogen and oxygen atoms in total. The average molecular weight is 504 g/mol. The molecule has 1 saturated heterocycles. The smallest absolute Gasteiger partial charge is 0.289 e. The highest BCUT2D eigenvalue weighted by molar-refractivity contribution is 6.38. The molecule has 1 aliphatic heterocycles. The van der Waals surface area contributed by atoms with Crippen LogP contribution in [0.15, 0.2) is 30.3 Å². The van der Waals surface area contributed by atoms with E-state index in [1.807, 2.05) is 32.0 Å². The number of aryl methyl sites for hydroxylation is 1. The van der Waals surface area contributed by atoms with Gasteiger partial charge in [-0.05, 0) is 51.4 Å². The van der Waals surface area contributed by atoms with Gasteiger partial charge in [-0.1, -0.05) is 63.1 Å². The Morgan fingerprint density at radius 1 is 1.00 bits per heavy atom. The van der Waals surface area contributed by atoms with Gasteiger partial charge in [0.2, 0.25) is 17.6 Å². The summed E-state index contributed by atoms with van der Waals surface area (Å²) in [5.41, 5.74) is 1.32. The number of ether oxygens (including phenoxy) is 1. The largest absolute Gasteiger partial charge is 0.381 e. The molecular weight excluding hydrogens is 458 g/mol. The van der Waals surface area contributed by atoms with Gasteiger partial charge in [-0.3, -0.25) is 19.2 Å². The molecule has 3 atom stereocenters. The summed E-state index contributed by atoms with van der Waals surface area (Å²) in [5, 5.41) is 7.66. The van der Waals surface area contributed by atoms with Gasteiger partial charge in [0, 0.05) is 26.2 Å². The van der Waals surface area contributed by atoms with Crippen molar-refractivity contribution < 1.29 is 23.9 Å². The summed E-state index contributed by atoms with van der Waals surface area (Å²) in [4.78, 5) is 46.9. The van der Waals surface area contributed by atoms with E-state index in [1.165, 1.54) is 32.3 Å². The van der Waals surface area contributed by atoms with Crippen molar-refractivity contribution in [2.24, 2.45) is 11.8 Å². The highest BCUT2D eigenvalue weighted by Crippen LogP contribution is 2.18. The van der Waals surface area contributed by atoms with Crippen LogP contribution in [-0.4, -0.2) is 54.8 Å². The van der Waals surface area contributed by atoms with Gasteiger partial charge in [0.05, 0.1) is 6.04 Å². The molecule has 3 N–H and O–H groups in total. The van der Waals surface area contributed by atoms with Crippen LogP contribution < -0.4 is 16.0 Å². The molecule has 0 bridgehead atoms. The first-order chi connectivity index (χ1) is 17.0. The zero-order chi connectivity index (χ0) is 27.1.